The molecule has 2 N–H and O–H groups in total. The maximum absolute atomic E-state index is 13.6. The number of H-pyrrole nitrogens is 1. The third-order valence-corrected chi connectivity index (χ3v) is 6.86. The number of aromatic amines is 1. The van der Waals surface area contributed by atoms with Gasteiger partial charge in [-0.3, -0.25) is 14.2 Å². The van der Waals surface area contributed by atoms with Crippen LogP contribution in [0.25, 0.3) is 27.6 Å². The molecule has 2 aromatic carbocycles. The number of anilines is 1. The topological polar surface area (TPSA) is 92.7 Å². The van der Waals surface area contributed by atoms with Crippen LogP contribution in [0.2, 0.25) is 0 Å². The van der Waals surface area contributed by atoms with Crippen molar-refractivity contribution >= 4 is 56.1 Å². The summed E-state index contributed by atoms with van der Waals surface area (Å²) in [6.07, 6.45) is 0. The Morgan fingerprint density at radius 2 is 1.91 bits per heavy atom. The first-order chi connectivity index (χ1) is 15.5. The van der Waals surface area contributed by atoms with Crippen LogP contribution in [0.4, 0.5) is 5.13 Å². The maximum Gasteiger partial charge on any atom is 0.283 e. The predicted octanol–water partition coefficient (Wildman–Crippen LogP) is 4.67. The van der Waals surface area contributed by atoms with Crippen LogP contribution >= 0.6 is 23.1 Å². The first-order valence-electron chi connectivity index (χ1n) is 9.95. The van der Waals surface area contributed by atoms with Crippen molar-refractivity contribution in [3.8, 4) is 5.69 Å². The van der Waals surface area contributed by atoms with Gasteiger partial charge in [0.2, 0.25) is 5.91 Å². The van der Waals surface area contributed by atoms with Gasteiger partial charge in [-0.2, -0.15) is 0 Å². The van der Waals surface area contributed by atoms with E-state index in [9.17, 15) is 9.59 Å². The number of carbonyl (C=O) groups excluding carboxylic acids is 1. The van der Waals surface area contributed by atoms with Gasteiger partial charge in [0.15, 0.2) is 10.3 Å². The van der Waals surface area contributed by atoms with Crippen molar-refractivity contribution in [2.24, 2.45) is 0 Å². The van der Waals surface area contributed by atoms with Crippen LogP contribution in [0, 0.1) is 13.8 Å². The number of hydrogen-bond donors (Lipinski definition) is 2. The fraction of sp³-hybridized carbons (Fsp3) is 0.130. The highest BCUT2D eigenvalue weighted by Crippen LogP contribution is 2.27. The zero-order valence-corrected chi connectivity index (χ0v) is 19.0. The van der Waals surface area contributed by atoms with E-state index >= 15 is 0 Å². The van der Waals surface area contributed by atoms with E-state index in [1.807, 2.05) is 67.8 Å². The summed E-state index contributed by atoms with van der Waals surface area (Å²) < 4.78 is 1.58. The highest BCUT2D eigenvalue weighted by molar-refractivity contribution is 7.99. The van der Waals surface area contributed by atoms with Crippen molar-refractivity contribution in [3.63, 3.8) is 0 Å². The molecule has 0 unspecified atom stereocenters. The predicted molar refractivity (Wildman–Crippen MR) is 130 cm³/mol. The summed E-state index contributed by atoms with van der Waals surface area (Å²) in [6.45, 7) is 3.82. The van der Waals surface area contributed by atoms with Crippen molar-refractivity contribution < 1.29 is 4.79 Å². The maximum atomic E-state index is 13.6. The molecule has 5 aromatic rings. The van der Waals surface area contributed by atoms with E-state index in [0.29, 0.717) is 21.3 Å². The van der Waals surface area contributed by atoms with Gasteiger partial charge in [0.25, 0.3) is 5.56 Å². The van der Waals surface area contributed by atoms with Gasteiger partial charge in [0.1, 0.15) is 11.0 Å². The molecule has 32 heavy (non-hydrogen) atoms. The summed E-state index contributed by atoms with van der Waals surface area (Å²) in [5.74, 6) is -0.0980. The number of aryl methyl sites for hydroxylation is 2. The molecule has 0 saturated heterocycles. The molecule has 3 heterocycles. The molecule has 160 valence electrons. The number of nitrogens with zero attached hydrogens (tertiary/aromatic N) is 3. The highest BCUT2D eigenvalue weighted by atomic mass is 32.2. The van der Waals surface area contributed by atoms with Gasteiger partial charge in [-0.05, 0) is 31.5 Å². The Balaban J connectivity index is 1.60. The van der Waals surface area contributed by atoms with Gasteiger partial charge < -0.3 is 10.3 Å². The summed E-state index contributed by atoms with van der Waals surface area (Å²) in [6, 6.07) is 15.3. The normalized spacial score (nSPS) is 11.3. The van der Waals surface area contributed by atoms with Gasteiger partial charge >= 0.3 is 0 Å². The number of carbonyl (C=O) groups is 1. The monoisotopic (exact) mass is 461 g/mol. The van der Waals surface area contributed by atoms with Crippen molar-refractivity contribution in [2.45, 2.75) is 19.0 Å². The lowest BCUT2D eigenvalue weighted by Crippen LogP contribution is -2.23. The molecule has 0 spiro atoms. The van der Waals surface area contributed by atoms with E-state index in [-0.39, 0.29) is 17.2 Å². The molecule has 0 aliphatic rings. The van der Waals surface area contributed by atoms with Crippen molar-refractivity contribution in [2.75, 3.05) is 11.1 Å². The zero-order chi connectivity index (χ0) is 22.2. The van der Waals surface area contributed by atoms with Crippen molar-refractivity contribution in [1.29, 1.82) is 0 Å². The van der Waals surface area contributed by atoms with Gasteiger partial charge in [-0.15, -0.1) is 11.3 Å². The Morgan fingerprint density at radius 3 is 2.69 bits per heavy atom. The van der Waals surface area contributed by atoms with Crippen LogP contribution in [0.15, 0.2) is 63.9 Å². The molecule has 0 saturated carbocycles. The quantitative estimate of drug-likeness (QED) is 0.293. The SMILES string of the molecule is Cc1csc(NC(=O)CSc2nc3c([nH]c4ccccc43)c(=O)n2-c2ccccc2C)n1. The second kappa shape index (κ2) is 8.25. The molecule has 0 aliphatic carbocycles. The average Bonchev–Trinajstić information content (AvgIpc) is 3.36. The van der Waals surface area contributed by atoms with Gasteiger partial charge in [-0.25, -0.2) is 9.97 Å². The molecular weight excluding hydrogens is 442 g/mol. The zero-order valence-electron chi connectivity index (χ0n) is 17.4. The van der Waals surface area contributed by atoms with E-state index in [4.69, 9.17) is 4.98 Å². The molecule has 1 amide bonds. The molecule has 5 rings (SSSR count). The number of hydrogen-bond acceptors (Lipinski definition) is 6. The first kappa shape index (κ1) is 20.5. The molecule has 9 heteroatoms. The summed E-state index contributed by atoms with van der Waals surface area (Å²) in [7, 11) is 0. The summed E-state index contributed by atoms with van der Waals surface area (Å²) in [5, 5.41) is 6.59. The van der Waals surface area contributed by atoms with E-state index in [0.717, 1.165) is 27.8 Å². The summed E-state index contributed by atoms with van der Waals surface area (Å²) in [5.41, 5.74) is 4.25. The number of amides is 1. The lowest BCUT2D eigenvalue weighted by atomic mass is 10.2. The third kappa shape index (κ3) is 3.69. The molecule has 0 atom stereocenters. The number of nitrogens with one attached hydrogen (secondary N) is 2. The number of para-hydroxylation sites is 2. The Bertz CT molecular complexity index is 1530. The van der Waals surface area contributed by atoms with Crippen LogP contribution in [0.5, 0.6) is 0 Å². The second-order valence-corrected chi connectivity index (χ2v) is 9.15. The number of thioether (sulfide) groups is 1. The van der Waals surface area contributed by atoms with Crippen LogP contribution < -0.4 is 10.9 Å². The lowest BCUT2D eigenvalue weighted by molar-refractivity contribution is -0.113. The minimum atomic E-state index is -0.200. The Labute approximate surface area is 191 Å². The minimum Gasteiger partial charge on any atom is -0.349 e. The van der Waals surface area contributed by atoms with E-state index in [1.54, 1.807) is 4.57 Å². The van der Waals surface area contributed by atoms with Crippen molar-refractivity contribution in [1.82, 2.24) is 19.5 Å². The number of aromatic nitrogens is 4. The lowest BCUT2D eigenvalue weighted by Gasteiger charge is -2.14. The van der Waals surface area contributed by atoms with E-state index < -0.39 is 0 Å². The van der Waals surface area contributed by atoms with Crippen molar-refractivity contribution in [3.05, 3.63) is 75.5 Å². The average molecular weight is 462 g/mol. The van der Waals surface area contributed by atoms with Gasteiger partial charge in [-0.1, -0.05) is 48.2 Å². The fourth-order valence-electron chi connectivity index (χ4n) is 3.56. The van der Waals surface area contributed by atoms with Crippen LogP contribution in [0.1, 0.15) is 11.3 Å². The third-order valence-electron chi connectivity index (χ3n) is 5.05. The molecule has 0 bridgehead atoms. The number of rotatable bonds is 5. The van der Waals surface area contributed by atoms with Gasteiger partial charge in [0.05, 0.1) is 17.1 Å². The molecule has 0 fully saturated rings. The van der Waals surface area contributed by atoms with Crippen LogP contribution in [-0.4, -0.2) is 31.2 Å². The highest BCUT2D eigenvalue weighted by Gasteiger charge is 2.19. The molecular formula is C23H19N5O2S2. The largest absolute Gasteiger partial charge is 0.349 e. The van der Waals surface area contributed by atoms with Crippen LogP contribution in [-0.2, 0) is 4.79 Å². The molecule has 7 nitrogen and oxygen atoms in total. The molecule has 0 aliphatic heterocycles. The number of fused-ring (bicyclic) bond motifs is 3. The fourth-order valence-corrected chi connectivity index (χ4v) is 5.07. The first-order valence-corrected chi connectivity index (χ1v) is 11.8. The standard InChI is InChI=1S/C23H19N5O2S2/c1-13-7-3-6-10-17(13)28-21(30)20-19(15-8-4-5-9-16(15)25-20)27-23(28)32-12-18(29)26-22-24-14(2)11-31-22/h3-11,25H,12H2,1-2H3,(H,24,26,29). The second-order valence-electron chi connectivity index (χ2n) is 7.35. The van der Waals surface area contributed by atoms with E-state index in [2.05, 4.69) is 15.3 Å². The smallest absolute Gasteiger partial charge is 0.283 e. The van der Waals surface area contributed by atoms with Crippen LogP contribution in [0.3, 0.4) is 0 Å². The Kier molecular flexibility index (Phi) is 5.28. The summed E-state index contributed by atoms with van der Waals surface area (Å²) >= 11 is 2.61. The number of benzene rings is 2. The van der Waals surface area contributed by atoms with Gasteiger partial charge in [0, 0.05) is 16.3 Å². The molecule has 3 aromatic heterocycles. The van der Waals surface area contributed by atoms with E-state index in [1.165, 1.54) is 23.1 Å². The summed E-state index contributed by atoms with van der Waals surface area (Å²) in [4.78, 5) is 38.4. The molecule has 0 radical (unpaired) electrons. The minimum absolute atomic E-state index is 0.102. The number of thiazole rings is 1. The Hall–Kier alpha value is -3.43. The Morgan fingerprint density at radius 1 is 1.12 bits per heavy atom.